The first-order valence-electron chi connectivity index (χ1n) is 8.23. The number of nitrogens with one attached hydrogen (secondary N) is 1. The number of nitrogens with zero attached hydrogens (tertiary/aromatic N) is 1. The van der Waals surface area contributed by atoms with E-state index in [4.69, 9.17) is 4.42 Å². The molecule has 1 amide bonds. The fourth-order valence-electron chi connectivity index (χ4n) is 2.83. The highest BCUT2D eigenvalue weighted by atomic mass is 32.1. The van der Waals surface area contributed by atoms with Crippen LogP contribution in [0, 0.1) is 6.92 Å². The predicted molar refractivity (Wildman–Crippen MR) is 104 cm³/mol. The van der Waals surface area contributed by atoms with Crippen LogP contribution < -0.4 is 5.32 Å². The summed E-state index contributed by atoms with van der Waals surface area (Å²) in [7, 11) is 0. The molecule has 0 bridgehead atoms. The largest absolute Gasteiger partial charge is 0.451 e. The molecule has 3 heterocycles. The van der Waals surface area contributed by atoms with E-state index >= 15 is 0 Å². The van der Waals surface area contributed by atoms with Crippen LogP contribution >= 0.6 is 11.3 Å². The van der Waals surface area contributed by atoms with Gasteiger partial charge in [-0.1, -0.05) is 24.3 Å². The summed E-state index contributed by atoms with van der Waals surface area (Å²) in [6, 6.07) is 12.7. The highest BCUT2D eigenvalue weighted by Gasteiger charge is 2.22. The zero-order valence-corrected chi connectivity index (χ0v) is 15.2. The molecule has 3 N–H and O–H groups in total. The first-order chi connectivity index (χ1) is 13.0. The smallest absolute Gasteiger partial charge is 0.292 e. The van der Waals surface area contributed by atoms with Crippen molar-refractivity contribution in [1.82, 2.24) is 4.98 Å². The molecule has 6 nitrogen and oxygen atoms in total. The second-order valence-electron chi connectivity index (χ2n) is 6.06. The van der Waals surface area contributed by atoms with Crippen LogP contribution in [0.5, 0.6) is 0 Å². The van der Waals surface area contributed by atoms with Gasteiger partial charge in [0.1, 0.15) is 10.6 Å². The van der Waals surface area contributed by atoms with Gasteiger partial charge in [0.25, 0.3) is 5.91 Å². The van der Waals surface area contributed by atoms with Gasteiger partial charge in [0.05, 0.1) is 0 Å². The number of para-hydroxylation sites is 1. The molecule has 136 valence electrons. The Kier molecular flexibility index (Phi) is 4.49. The minimum absolute atomic E-state index is 0.154. The van der Waals surface area contributed by atoms with Gasteiger partial charge < -0.3 is 19.9 Å². The molecule has 0 radical (unpaired) electrons. The van der Waals surface area contributed by atoms with Crippen molar-refractivity contribution >= 4 is 33.2 Å². The summed E-state index contributed by atoms with van der Waals surface area (Å²) in [6.45, 7) is 1.87. The molecular weight excluding hydrogens is 364 g/mol. The Bertz CT molecular complexity index is 1080. The van der Waals surface area contributed by atoms with Gasteiger partial charge in [0, 0.05) is 39.3 Å². The van der Waals surface area contributed by atoms with Crippen LogP contribution in [0.1, 0.15) is 28.1 Å². The summed E-state index contributed by atoms with van der Waals surface area (Å²) in [4.78, 5) is 16.8. The van der Waals surface area contributed by atoms with Gasteiger partial charge in [-0.3, -0.25) is 9.78 Å². The number of furan rings is 1. The van der Waals surface area contributed by atoms with Gasteiger partial charge in [0.15, 0.2) is 12.1 Å². The molecule has 0 saturated heterocycles. The van der Waals surface area contributed by atoms with Crippen LogP contribution in [-0.4, -0.2) is 21.1 Å². The van der Waals surface area contributed by atoms with Crippen molar-refractivity contribution in [3.05, 3.63) is 71.1 Å². The van der Waals surface area contributed by atoms with E-state index < -0.39 is 12.2 Å². The topological polar surface area (TPSA) is 95.6 Å². The van der Waals surface area contributed by atoms with Gasteiger partial charge in [-0.25, -0.2) is 0 Å². The van der Waals surface area contributed by atoms with Crippen molar-refractivity contribution in [2.24, 2.45) is 0 Å². The average Bonchev–Trinajstić information content (AvgIpc) is 3.26. The van der Waals surface area contributed by atoms with Crippen LogP contribution in [0.4, 0.5) is 5.00 Å². The number of benzene rings is 1. The summed E-state index contributed by atoms with van der Waals surface area (Å²) in [6.07, 6.45) is -0.0766. The number of rotatable bonds is 4. The summed E-state index contributed by atoms with van der Waals surface area (Å²) in [5.41, 5.74) is 3.06. The third kappa shape index (κ3) is 3.35. The molecule has 27 heavy (non-hydrogen) atoms. The van der Waals surface area contributed by atoms with E-state index in [1.165, 1.54) is 11.3 Å². The minimum Gasteiger partial charge on any atom is -0.451 e. The Morgan fingerprint density at radius 1 is 1.22 bits per heavy atom. The van der Waals surface area contributed by atoms with E-state index in [0.717, 1.165) is 16.6 Å². The Morgan fingerprint density at radius 2 is 2.04 bits per heavy atom. The van der Waals surface area contributed by atoms with Crippen LogP contribution in [0.2, 0.25) is 0 Å². The molecule has 0 spiro atoms. The molecule has 0 aliphatic rings. The Morgan fingerprint density at radius 3 is 2.74 bits per heavy atom. The number of carbonyl (C=O) groups is 1. The normalized spacial score (nSPS) is 11.3. The molecule has 0 fully saturated rings. The number of carbonyl (C=O) groups excluding carboxylic acids is 1. The second kappa shape index (κ2) is 6.96. The summed E-state index contributed by atoms with van der Waals surface area (Å²) in [5, 5.41) is 25.4. The monoisotopic (exact) mass is 380 g/mol. The molecule has 7 heteroatoms. The maximum absolute atomic E-state index is 12.6. The summed E-state index contributed by atoms with van der Waals surface area (Å²) >= 11 is 1.21. The second-order valence-corrected chi connectivity index (χ2v) is 6.94. The molecule has 0 aliphatic heterocycles. The molecule has 0 aliphatic carbocycles. The van der Waals surface area contributed by atoms with E-state index in [0.29, 0.717) is 16.1 Å². The first-order valence-corrected chi connectivity index (χ1v) is 9.11. The van der Waals surface area contributed by atoms with Crippen molar-refractivity contribution in [2.75, 3.05) is 5.32 Å². The fourth-order valence-corrected chi connectivity index (χ4v) is 3.82. The minimum atomic E-state index is -1.74. The number of amides is 1. The number of aliphatic hydroxyl groups is 2. The van der Waals surface area contributed by atoms with Gasteiger partial charge in [-0.15, -0.1) is 11.3 Å². The lowest BCUT2D eigenvalue weighted by atomic mass is 10.1. The Labute approximate surface area is 158 Å². The number of aliphatic hydroxyl groups excluding tert-OH is 1. The average molecular weight is 380 g/mol. The molecule has 0 unspecified atom stereocenters. The lowest BCUT2D eigenvalue weighted by molar-refractivity contribution is -0.0411. The Hall–Kier alpha value is -3.00. The summed E-state index contributed by atoms with van der Waals surface area (Å²) in [5.74, 6) is -0.301. The molecular formula is C20H16N2O4S. The van der Waals surface area contributed by atoms with E-state index in [1.807, 2.05) is 37.3 Å². The molecule has 4 aromatic rings. The fraction of sp³-hybridized carbons (Fsp3) is 0.100. The highest BCUT2D eigenvalue weighted by Crippen LogP contribution is 2.39. The van der Waals surface area contributed by atoms with E-state index in [-0.39, 0.29) is 11.3 Å². The van der Waals surface area contributed by atoms with Crippen molar-refractivity contribution in [1.29, 1.82) is 0 Å². The van der Waals surface area contributed by atoms with Crippen LogP contribution in [0.15, 0.2) is 58.5 Å². The van der Waals surface area contributed by atoms with Crippen molar-refractivity contribution < 1.29 is 19.4 Å². The maximum Gasteiger partial charge on any atom is 0.292 e. The summed E-state index contributed by atoms with van der Waals surface area (Å²) < 4.78 is 5.56. The zero-order valence-electron chi connectivity index (χ0n) is 14.3. The number of anilines is 1. The van der Waals surface area contributed by atoms with Crippen molar-refractivity contribution in [3.8, 4) is 11.1 Å². The Balaban J connectivity index is 1.67. The van der Waals surface area contributed by atoms with Crippen LogP contribution in [-0.2, 0) is 0 Å². The van der Waals surface area contributed by atoms with Gasteiger partial charge in [0.2, 0.25) is 0 Å². The number of hydrogen-bond acceptors (Lipinski definition) is 6. The highest BCUT2D eigenvalue weighted by molar-refractivity contribution is 7.15. The number of aryl methyl sites for hydroxylation is 1. The first kappa shape index (κ1) is 17.4. The number of thiophene rings is 1. The van der Waals surface area contributed by atoms with Gasteiger partial charge in [-0.05, 0) is 25.1 Å². The van der Waals surface area contributed by atoms with Crippen LogP contribution in [0.25, 0.3) is 22.1 Å². The van der Waals surface area contributed by atoms with E-state index in [1.54, 1.807) is 23.7 Å². The van der Waals surface area contributed by atoms with Gasteiger partial charge in [-0.2, -0.15) is 0 Å². The number of aromatic nitrogens is 1. The molecule has 0 atom stereocenters. The molecule has 1 aromatic carbocycles. The quantitative estimate of drug-likeness (QED) is 0.463. The number of fused-ring (bicyclic) bond motifs is 1. The number of pyridine rings is 1. The zero-order chi connectivity index (χ0) is 19.0. The lowest BCUT2D eigenvalue weighted by Gasteiger charge is -2.10. The predicted octanol–water partition coefficient (Wildman–Crippen LogP) is 4.10. The van der Waals surface area contributed by atoms with Crippen LogP contribution in [0.3, 0.4) is 0 Å². The third-order valence-electron chi connectivity index (χ3n) is 4.19. The standard InChI is InChI=1S/C20H16N2O4S/c1-11-6-7-13(9-21-11)14-10-27-19(17(14)20(24)25)22-18(23)16-8-12-4-2-3-5-15(12)26-16/h2-10,20,24-25H,1H3,(H,22,23). The van der Waals surface area contributed by atoms with Crippen molar-refractivity contribution in [3.63, 3.8) is 0 Å². The van der Waals surface area contributed by atoms with E-state index in [2.05, 4.69) is 10.3 Å². The molecule has 0 saturated carbocycles. The molecule has 3 aromatic heterocycles. The lowest BCUT2D eigenvalue weighted by Crippen LogP contribution is -2.12. The maximum atomic E-state index is 12.6. The third-order valence-corrected chi connectivity index (χ3v) is 5.10. The van der Waals surface area contributed by atoms with E-state index in [9.17, 15) is 15.0 Å². The number of hydrogen-bond donors (Lipinski definition) is 3. The SMILES string of the molecule is Cc1ccc(-c2csc(NC(=O)c3cc4ccccc4o3)c2C(O)O)cn1. The van der Waals surface area contributed by atoms with Gasteiger partial charge >= 0.3 is 0 Å². The molecule has 4 rings (SSSR count). The van der Waals surface area contributed by atoms with Crippen molar-refractivity contribution in [2.45, 2.75) is 13.2 Å².